The average Bonchev–Trinajstić information content (AvgIpc) is 2.80. The van der Waals surface area contributed by atoms with Gasteiger partial charge in [0.05, 0.1) is 19.1 Å². The van der Waals surface area contributed by atoms with Gasteiger partial charge in [0.2, 0.25) is 5.43 Å². The lowest BCUT2D eigenvalue weighted by atomic mass is 9.98. The van der Waals surface area contributed by atoms with Crippen LogP contribution in [0.5, 0.6) is 23.0 Å². The fourth-order valence-corrected chi connectivity index (χ4v) is 3.96. The highest BCUT2D eigenvalue weighted by Gasteiger charge is 2.24. The molecule has 0 aliphatic carbocycles. The Balaban J connectivity index is 2.45. The molecule has 0 amide bonds. The second-order valence-electron chi connectivity index (χ2n) is 8.85. The quantitative estimate of drug-likeness (QED) is 0.278. The van der Waals surface area contributed by atoms with Crippen molar-refractivity contribution in [1.82, 2.24) is 0 Å². The molecule has 0 spiro atoms. The maximum Gasteiger partial charge on any atom is 0.341 e. The zero-order chi connectivity index (χ0) is 26.6. The zero-order valence-electron chi connectivity index (χ0n) is 21.5. The van der Waals surface area contributed by atoms with E-state index >= 15 is 0 Å². The minimum atomic E-state index is -1.17. The summed E-state index contributed by atoms with van der Waals surface area (Å²) in [6.45, 7) is 9.32. The standard InChI is InChI=1S/C28H32O8/c1-7-34-22-13-20-24(18(28(22)33-6)11-9-16(4)5)27(32)25-21(36-20)12-19(35-14-23(29)30)17(26(25)31)10-8-15(2)3/h8-9,12-13,31H,7,10-11,14H2,1-6H3,(H,29,30). The van der Waals surface area contributed by atoms with Gasteiger partial charge < -0.3 is 28.8 Å². The molecule has 8 nitrogen and oxygen atoms in total. The van der Waals surface area contributed by atoms with Crippen LogP contribution in [0.1, 0.15) is 45.7 Å². The molecule has 2 N–H and O–H groups in total. The van der Waals surface area contributed by atoms with Crippen LogP contribution in [0.25, 0.3) is 21.9 Å². The van der Waals surface area contributed by atoms with E-state index in [4.69, 9.17) is 23.7 Å². The number of carboxylic acid groups (broad SMARTS) is 1. The first-order valence-electron chi connectivity index (χ1n) is 11.7. The normalized spacial score (nSPS) is 10.8. The van der Waals surface area contributed by atoms with E-state index in [0.717, 1.165) is 11.1 Å². The number of aromatic hydroxyl groups is 1. The Morgan fingerprint density at radius 1 is 0.944 bits per heavy atom. The fourth-order valence-electron chi connectivity index (χ4n) is 3.96. The second kappa shape index (κ2) is 11.2. The van der Waals surface area contributed by atoms with Crippen LogP contribution in [-0.2, 0) is 17.6 Å². The van der Waals surface area contributed by atoms with Gasteiger partial charge in [-0.15, -0.1) is 0 Å². The van der Waals surface area contributed by atoms with Crippen LogP contribution >= 0.6 is 0 Å². The molecule has 3 rings (SSSR count). The number of aliphatic carboxylic acids is 1. The van der Waals surface area contributed by atoms with Crippen LogP contribution in [0.15, 0.2) is 44.6 Å². The van der Waals surface area contributed by atoms with E-state index in [1.165, 1.54) is 13.2 Å². The molecule has 0 unspecified atom stereocenters. The third-order valence-electron chi connectivity index (χ3n) is 5.59. The summed E-state index contributed by atoms with van der Waals surface area (Å²) in [6.07, 6.45) is 4.46. The van der Waals surface area contributed by atoms with Gasteiger partial charge in [0.1, 0.15) is 28.1 Å². The van der Waals surface area contributed by atoms with Crippen molar-refractivity contribution in [3.63, 3.8) is 0 Å². The summed E-state index contributed by atoms with van der Waals surface area (Å²) in [5, 5.41) is 20.6. The predicted molar refractivity (Wildman–Crippen MR) is 139 cm³/mol. The molecule has 36 heavy (non-hydrogen) atoms. The second-order valence-corrected chi connectivity index (χ2v) is 8.85. The fraction of sp³-hybridized carbons (Fsp3) is 0.357. The van der Waals surface area contributed by atoms with Gasteiger partial charge in [-0.25, -0.2) is 4.79 Å². The molecular formula is C28H32O8. The van der Waals surface area contributed by atoms with Crippen molar-refractivity contribution < 1.29 is 33.6 Å². The molecular weight excluding hydrogens is 464 g/mol. The maximum absolute atomic E-state index is 13.9. The summed E-state index contributed by atoms with van der Waals surface area (Å²) in [5.41, 5.74) is 2.85. The average molecular weight is 497 g/mol. The van der Waals surface area contributed by atoms with Crippen molar-refractivity contribution in [1.29, 1.82) is 0 Å². The summed E-state index contributed by atoms with van der Waals surface area (Å²) in [5.74, 6) is -0.481. The number of fused-ring (bicyclic) bond motifs is 2. The molecule has 0 bridgehead atoms. The number of carboxylic acids is 1. The lowest BCUT2D eigenvalue weighted by molar-refractivity contribution is -0.139. The Kier molecular flexibility index (Phi) is 8.29. The number of hydrogen-bond acceptors (Lipinski definition) is 7. The van der Waals surface area contributed by atoms with Gasteiger partial charge in [0, 0.05) is 23.3 Å². The largest absolute Gasteiger partial charge is 0.507 e. The highest BCUT2D eigenvalue weighted by Crippen LogP contribution is 2.41. The van der Waals surface area contributed by atoms with Crippen molar-refractivity contribution in [3.05, 3.63) is 56.8 Å². The zero-order valence-corrected chi connectivity index (χ0v) is 21.5. The number of ether oxygens (including phenoxy) is 3. The molecule has 1 aromatic heterocycles. The van der Waals surface area contributed by atoms with Gasteiger partial charge >= 0.3 is 5.97 Å². The van der Waals surface area contributed by atoms with Crippen molar-refractivity contribution in [2.45, 2.75) is 47.5 Å². The number of phenolic OH excluding ortho intramolecular Hbond substituents is 1. The Labute approximate surface area is 209 Å². The molecule has 0 aliphatic rings. The molecule has 0 aliphatic heterocycles. The van der Waals surface area contributed by atoms with Gasteiger partial charge in [0.25, 0.3) is 0 Å². The summed E-state index contributed by atoms with van der Waals surface area (Å²) in [6, 6.07) is 3.05. The number of benzene rings is 2. The lowest BCUT2D eigenvalue weighted by Crippen LogP contribution is -2.12. The molecule has 0 radical (unpaired) electrons. The summed E-state index contributed by atoms with van der Waals surface area (Å²) < 4.78 is 23.0. The molecule has 0 atom stereocenters. The monoisotopic (exact) mass is 496 g/mol. The van der Waals surface area contributed by atoms with Gasteiger partial charge in [-0.3, -0.25) is 4.79 Å². The molecule has 1 heterocycles. The molecule has 8 heteroatoms. The highest BCUT2D eigenvalue weighted by atomic mass is 16.5. The first-order chi connectivity index (χ1) is 17.1. The topological polar surface area (TPSA) is 115 Å². The van der Waals surface area contributed by atoms with Gasteiger partial charge in [-0.05, 0) is 47.5 Å². The van der Waals surface area contributed by atoms with Crippen LogP contribution in [0.4, 0.5) is 0 Å². The number of allylic oxidation sites excluding steroid dienone is 4. The van der Waals surface area contributed by atoms with Crippen LogP contribution < -0.4 is 19.6 Å². The van der Waals surface area contributed by atoms with Gasteiger partial charge in [-0.2, -0.15) is 0 Å². The van der Waals surface area contributed by atoms with Crippen LogP contribution in [0.3, 0.4) is 0 Å². The maximum atomic E-state index is 13.9. The number of hydrogen-bond donors (Lipinski definition) is 2. The summed E-state index contributed by atoms with van der Waals surface area (Å²) in [7, 11) is 1.51. The van der Waals surface area contributed by atoms with Crippen molar-refractivity contribution in [2.75, 3.05) is 20.3 Å². The van der Waals surface area contributed by atoms with E-state index in [1.807, 2.05) is 46.8 Å². The molecule has 0 saturated carbocycles. The Morgan fingerprint density at radius 3 is 2.08 bits per heavy atom. The molecule has 3 aromatic rings. The van der Waals surface area contributed by atoms with Crippen LogP contribution in [0, 0.1) is 0 Å². The minimum Gasteiger partial charge on any atom is -0.507 e. The van der Waals surface area contributed by atoms with Gasteiger partial charge in [0.15, 0.2) is 18.1 Å². The van der Waals surface area contributed by atoms with Gasteiger partial charge in [-0.1, -0.05) is 23.3 Å². The van der Waals surface area contributed by atoms with E-state index < -0.39 is 18.0 Å². The van der Waals surface area contributed by atoms with E-state index in [1.54, 1.807) is 6.07 Å². The molecule has 2 aromatic carbocycles. The number of methoxy groups -OCH3 is 1. The number of rotatable bonds is 10. The SMILES string of the molecule is CCOc1cc2oc3cc(OCC(=O)O)c(CC=C(C)C)c(O)c3c(=O)c2c(CC=C(C)C)c1OC. The Bertz CT molecular complexity index is 1420. The van der Waals surface area contributed by atoms with Crippen LogP contribution in [-0.4, -0.2) is 36.5 Å². The van der Waals surface area contributed by atoms with Crippen molar-refractivity contribution in [2.24, 2.45) is 0 Å². The minimum absolute atomic E-state index is 0.00741. The highest BCUT2D eigenvalue weighted by molar-refractivity contribution is 5.98. The van der Waals surface area contributed by atoms with E-state index in [2.05, 4.69) is 0 Å². The predicted octanol–water partition coefficient (Wildman–Crippen LogP) is 5.54. The first-order valence-corrected chi connectivity index (χ1v) is 11.7. The smallest absolute Gasteiger partial charge is 0.341 e. The third-order valence-corrected chi connectivity index (χ3v) is 5.59. The van der Waals surface area contributed by atoms with Crippen molar-refractivity contribution in [3.8, 4) is 23.0 Å². The van der Waals surface area contributed by atoms with E-state index in [9.17, 15) is 14.7 Å². The molecule has 0 fully saturated rings. The van der Waals surface area contributed by atoms with E-state index in [-0.39, 0.29) is 39.9 Å². The number of phenols is 1. The number of carbonyl (C=O) groups is 1. The summed E-state index contributed by atoms with van der Waals surface area (Å²) >= 11 is 0. The van der Waals surface area contributed by atoms with Crippen molar-refractivity contribution >= 4 is 27.9 Å². The lowest BCUT2D eigenvalue weighted by Gasteiger charge is -2.17. The third kappa shape index (κ3) is 5.48. The molecule has 192 valence electrons. The summed E-state index contributed by atoms with van der Waals surface area (Å²) in [4.78, 5) is 25.0. The Hall–Kier alpha value is -3.94. The molecule has 0 saturated heterocycles. The van der Waals surface area contributed by atoms with E-state index in [0.29, 0.717) is 35.7 Å². The first kappa shape index (κ1) is 26.7. The van der Waals surface area contributed by atoms with Crippen LogP contribution in [0.2, 0.25) is 0 Å². The Morgan fingerprint density at radius 2 is 1.53 bits per heavy atom.